The fourth-order valence-corrected chi connectivity index (χ4v) is 1.30. The number of terminal acetylenes is 1. The maximum absolute atomic E-state index is 10.3. The summed E-state index contributed by atoms with van der Waals surface area (Å²) in [6.45, 7) is 1.82. The van der Waals surface area contributed by atoms with Crippen molar-refractivity contribution in [3.63, 3.8) is 0 Å². The largest absolute Gasteiger partial charge is 0.356 e. The first kappa shape index (κ1) is 7.91. The molecule has 1 aliphatic heterocycles. The molecule has 1 aliphatic rings. The molecular formula is C9H11NO. The first-order valence-corrected chi connectivity index (χ1v) is 3.85. The molecule has 0 atom stereocenters. The molecular weight excluding hydrogens is 138 g/mol. The lowest BCUT2D eigenvalue weighted by atomic mass is 10.1. The van der Waals surface area contributed by atoms with Crippen LogP contribution >= 0.6 is 0 Å². The summed E-state index contributed by atoms with van der Waals surface area (Å²) in [5.41, 5.74) is 0.379. The minimum Gasteiger partial charge on any atom is -0.356 e. The van der Waals surface area contributed by atoms with Gasteiger partial charge in [-0.2, -0.15) is 0 Å². The smallest absolute Gasteiger partial charge is 0.173 e. The highest BCUT2D eigenvalue weighted by atomic mass is 16.1. The van der Waals surface area contributed by atoms with Crippen molar-refractivity contribution in [3.05, 3.63) is 5.70 Å². The van der Waals surface area contributed by atoms with Crippen molar-refractivity contribution in [2.24, 2.45) is 0 Å². The SMILES string of the molecule is C#CC(=C=O)N1CCCCC1. The topological polar surface area (TPSA) is 20.3 Å². The van der Waals surface area contributed by atoms with Crippen LogP contribution in [0.2, 0.25) is 0 Å². The van der Waals surface area contributed by atoms with Crippen molar-refractivity contribution >= 4 is 5.94 Å². The van der Waals surface area contributed by atoms with Gasteiger partial charge in [0.25, 0.3) is 0 Å². The maximum Gasteiger partial charge on any atom is 0.173 e. The summed E-state index contributed by atoms with van der Waals surface area (Å²) < 4.78 is 0. The lowest BCUT2D eigenvalue weighted by molar-refractivity contribution is 0.297. The minimum absolute atomic E-state index is 0.379. The standard InChI is InChI=1S/C9H11NO/c1-2-9(8-11)10-6-4-3-5-7-10/h1H,3-7H2. The van der Waals surface area contributed by atoms with Gasteiger partial charge >= 0.3 is 0 Å². The van der Waals surface area contributed by atoms with Gasteiger partial charge in [0.05, 0.1) is 0 Å². The molecule has 0 aromatic rings. The Kier molecular flexibility index (Phi) is 2.77. The average Bonchev–Trinajstić information content (AvgIpc) is 2.09. The number of likely N-dealkylation sites (tertiary alicyclic amines) is 1. The third kappa shape index (κ3) is 1.86. The molecule has 11 heavy (non-hydrogen) atoms. The highest BCUT2D eigenvalue weighted by Crippen LogP contribution is 2.11. The number of hydrogen-bond donors (Lipinski definition) is 0. The van der Waals surface area contributed by atoms with E-state index in [1.54, 1.807) is 5.94 Å². The van der Waals surface area contributed by atoms with Gasteiger partial charge in [-0.3, -0.25) is 0 Å². The molecule has 0 N–H and O–H groups in total. The zero-order chi connectivity index (χ0) is 8.10. The molecule has 1 heterocycles. The van der Waals surface area contributed by atoms with E-state index < -0.39 is 0 Å². The second-order valence-corrected chi connectivity index (χ2v) is 2.64. The van der Waals surface area contributed by atoms with Crippen LogP contribution in [-0.2, 0) is 4.79 Å². The van der Waals surface area contributed by atoms with Gasteiger partial charge in [0, 0.05) is 13.1 Å². The van der Waals surface area contributed by atoms with Crippen molar-refractivity contribution in [1.29, 1.82) is 0 Å². The van der Waals surface area contributed by atoms with E-state index in [-0.39, 0.29) is 0 Å². The molecule has 2 nitrogen and oxygen atoms in total. The Morgan fingerprint density at radius 3 is 2.36 bits per heavy atom. The van der Waals surface area contributed by atoms with Crippen LogP contribution < -0.4 is 0 Å². The molecule has 1 saturated heterocycles. The van der Waals surface area contributed by atoms with E-state index in [0.29, 0.717) is 5.70 Å². The van der Waals surface area contributed by atoms with Crippen LogP contribution in [0.15, 0.2) is 5.70 Å². The van der Waals surface area contributed by atoms with Crippen LogP contribution in [-0.4, -0.2) is 23.9 Å². The molecule has 0 amide bonds. The van der Waals surface area contributed by atoms with Crippen LogP contribution in [0.5, 0.6) is 0 Å². The summed E-state index contributed by atoms with van der Waals surface area (Å²) in [6.07, 6.45) is 8.63. The van der Waals surface area contributed by atoms with Crippen molar-refractivity contribution in [1.82, 2.24) is 4.90 Å². The van der Waals surface area contributed by atoms with Crippen molar-refractivity contribution in [3.8, 4) is 12.3 Å². The molecule has 1 rings (SSSR count). The van der Waals surface area contributed by atoms with Gasteiger partial charge in [-0.15, -0.1) is 6.42 Å². The van der Waals surface area contributed by atoms with Crippen molar-refractivity contribution in [2.75, 3.05) is 13.1 Å². The Morgan fingerprint density at radius 1 is 1.27 bits per heavy atom. The third-order valence-corrected chi connectivity index (χ3v) is 1.91. The molecule has 0 spiro atoms. The van der Waals surface area contributed by atoms with Crippen molar-refractivity contribution < 1.29 is 4.79 Å². The molecule has 0 aromatic heterocycles. The first-order chi connectivity index (χ1) is 5.38. The lowest BCUT2D eigenvalue weighted by Crippen LogP contribution is -2.28. The van der Waals surface area contributed by atoms with Crippen LogP contribution in [0.4, 0.5) is 0 Å². The Hall–Kier alpha value is -1.19. The van der Waals surface area contributed by atoms with E-state index in [0.717, 1.165) is 25.9 Å². The maximum atomic E-state index is 10.3. The fourth-order valence-electron chi connectivity index (χ4n) is 1.30. The molecule has 0 radical (unpaired) electrons. The fraction of sp³-hybridized carbons (Fsp3) is 0.556. The number of piperidine rings is 1. The van der Waals surface area contributed by atoms with E-state index in [9.17, 15) is 4.79 Å². The van der Waals surface area contributed by atoms with Gasteiger partial charge in [-0.25, -0.2) is 4.79 Å². The predicted octanol–water partition coefficient (Wildman–Crippen LogP) is 0.821. The normalized spacial score (nSPS) is 16.8. The molecule has 0 aliphatic carbocycles. The highest BCUT2D eigenvalue weighted by Gasteiger charge is 2.11. The summed E-state index contributed by atoms with van der Waals surface area (Å²) in [5.74, 6) is 4.12. The monoisotopic (exact) mass is 149 g/mol. The summed E-state index contributed by atoms with van der Waals surface area (Å²) in [7, 11) is 0. The molecule has 0 bridgehead atoms. The Labute approximate surface area is 66.9 Å². The second-order valence-electron chi connectivity index (χ2n) is 2.64. The summed E-state index contributed by atoms with van der Waals surface area (Å²) in [5, 5.41) is 0. The first-order valence-electron chi connectivity index (χ1n) is 3.85. The van der Waals surface area contributed by atoms with Crippen LogP contribution in [0.25, 0.3) is 0 Å². The Balaban J connectivity index is 2.59. The van der Waals surface area contributed by atoms with E-state index in [1.807, 2.05) is 4.90 Å². The van der Waals surface area contributed by atoms with Gasteiger partial charge in [0.2, 0.25) is 0 Å². The van der Waals surface area contributed by atoms with Crippen molar-refractivity contribution in [2.45, 2.75) is 19.3 Å². The average molecular weight is 149 g/mol. The van der Waals surface area contributed by atoms with E-state index >= 15 is 0 Å². The number of carbonyl (C=O) groups excluding carboxylic acids is 1. The van der Waals surface area contributed by atoms with Gasteiger partial charge < -0.3 is 4.90 Å². The molecule has 0 unspecified atom stereocenters. The van der Waals surface area contributed by atoms with Crippen LogP contribution in [0.1, 0.15) is 19.3 Å². The molecule has 0 saturated carbocycles. The number of hydrogen-bond acceptors (Lipinski definition) is 2. The van der Waals surface area contributed by atoms with Gasteiger partial charge in [-0.1, -0.05) is 0 Å². The minimum atomic E-state index is 0.379. The molecule has 1 fully saturated rings. The highest BCUT2D eigenvalue weighted by molar-refractivity contribution is 5.58. The van der Waals surface area contributed by atoms with Crippen LogP contribution in [0, 0.1) is 12.3 Å². The van der Waals surface area contributed by atoms with Gasteiger partial charge in [0.1, 0.15) is 0 Å². The van der Waals surface area contributed by atoms with E-state index in [1.165, 1.54) is 6.42 Å². The number of allylic oxidation sites excluding steroid dienone is 1. The zero-order valence-electron chi connectivity index (χ0n) is 6.47. The molecule has 58 valence electrons. The van der Waals surface area contributed by atoms with Crippen LogP contribution in [0.3, 0.4) is 0 Å². The quantitative estimate of drug-likeness (QED) is 0.406. The third-order valence-electron chi connectivity index (χ3n) is 1.91. The van der Waals surface area contributed by atoms with Gasteiger partial charge in [0.15, 0.2) is 11.6 Å². The predicted molar refractivity (Wildman–Crippen MR) is 43.5 cm³/mol. The van der Waals surface area contributed by atoms with E-state index in [2.05, 4.69) is 5.92 Å². The summed E-state index contributed by atoms with van der Waals surface area (Å²) >= 11 is 0. The Morgan fingerprint density at radius 2 is 1.91 bits per heavy atom. The summed E-state index contributed by atoms with van der Waals surface area (Å²) in [4.78, 5) is 12.2. The number of rotatable bonds is 1. The van der Waals surface area contributed by atoms with Gasteiger partial charge in [-0.05, 0) is 25.2 Å². The number of nitrogens with zero attached hydrogens (tertiary/aromatic N) is 1. The second kappa shape index (κ2) is 3.85. The summed E-state index contributed by atoms with van der Waals surface area (Å²) in [6, 6.07) is 0. The Bertz CT molecular complexity index is 214. The van der Waals surface area contributed by atoms with E-state index in [4.69, 9.17) is 6.42 Å². The zero-order valence-corrected chi connectivity index (χ0v) is 6.47. The lowest BCUT2D eigenvalue weighted by Gasteiger charge is -2.26. The molecule has 2 heteroatoms. The molecule has 0 aromatic carbocycles.